The summed E-state index contributed by atoms with van der Waals surface area (Å²) >= 11 is 0. The third-order valence-corrected chi connectivity index (χ3v) is 9.29. The quantitative estimate of drug-likeness (QED) is 0.190. The summed E-state index contributed by atoms with van der Waals surface area (Å²) in [5.74, 6) is 1.87. The van der Waals surface area contributed by atoms with Crippen molar-refractivity contribution in [3.63, 3.8) is 0 Å². The van der Waals surface area contributed by atoms with Gasteiger partial charge in [0.1, 0.15) is 11.2 Å². The zero-order chi connectivity index (χ0) is 30.9. The summed E-state index contributed by atoms with van der Waals surface area (Å²) < 4.78 is 6.21. The van der Waals surface area contributed by atoms with Gasteiger partial charge in [-0.2, -0.15) is 0 Å². The number of fused-ring (bicyclic) bond motifs is 11. The largest absolute Gasteiger partial charge is 0.456 e. The van der Waals surface area contributed by atoms with Gasteiger partial charge in [-0.25, -0.2) is 15.0 Å². The maximum atomic E-state index is 6.21. The van der Waals surface area contributed by atoms with Crippen LogP contribution in [0.1, 0.15) is 0 Å². The van der Waals surface area contributed by atoms with Crippen LogP contribution in [0.3, 0.4) is 0 Å². The van der Waals surface area contributed by atoms with Crippen molar-refractivity contribution >= 4 is 65.0 Å². The van der Waals surface area contributed by atoms with Gasteiger partial charge in [0, 0.05) is 27.5 Å². The average Bonchev–Trinajstić information content (AvgIpc) is 3.54. The maximum Gasteiger partial charge on any atom is 0.164 e. The van der Waals surface area contributed by atoms with Gasteiger partial charge in [0.25, 0.3) is 0 Å². The summed E-state index contributed by atoms with van der Waals surface area (Å²) in [7, 11) is 0. The Labute approximate surface area is 269 Å². The lowest BCUT2D eigenvalue weighted by Crippen LogP contribution is -2.00. The third kappa shape index (κ3) is 3.98. The fourth-order valence-electron chi connectivity index (χ4n) is 7.18. The van der Waals surface area contributed by atoms with E-state index in [1.54, 1.807) is 0 Å². The predicted octanol–water partition coefficient (Wildman–Crippen LogP) is 11.4. The summed E-state index contributed by atoms with van der Waals surface area (Å²) in [5.41, 5.74) is 4.44. The first-order chi connectivity index (χ1) is 23.3. The van der Waals surface area contributed by atoms with Crippen LogP contribution >= 0.6 is 0 Å². The molecule has 0 spiro atoms. The van der Waals surface area contributed by atoms with E-state index in [4.69, 9.17) is 19.4 Å². The van der Waals surface area contributed by atoms with Gasteiger partial charge in [0.2, 0.25) is 0 Å². The molecule has 47 heavy (non-hydrogen) atoms. The van der Waals surface area contributed by atoms with Crippen molar-refractivity contribution < 1.29 is 4.42 Å². The molecule has 0 fully saturated rings. The molecule has 10 rings (SSSR count). The zero-order valence-corrected chi connectivity index (χ0v) is 25.2. The van der Waals surface area contributed by atoms with Crippen molar-refractivity contribution in [2.75, 3.05) is 0 Å². The molecule has 2 aromatic heterocycles. The first kappa shape index (κ1) is 25.9. The second-order valence-corrected chi connectivity index (χ2v) is 12.0. The van der Waals surface area contributed by atoms with E-state index in [1.807, 2.05) is 60.7 Å². The highest BCUT2D eigenvalue weighted by Gasteiger charge is 2.18. The zero-order valence-electron chi connectivity index (χ0n) is 25.2. The van der Waals surface area contributed by atoms with Crippen LogP contribution in [0, 0.1) is 0 Å². The molecular formula is C43H25N3O. The molecule has 0 aliphatic rings. The predicted molar refractivity (Wildman–Crippen MR) is 193 cm³/mol. The summed E-state index contributed by atoms with van der Waals surface area (Å²) in [4.78, 5) is 15.2. The molecule has 0 aliphatic carbocycles. The van der Waals surface area contributed by atoms with Gasteiger partial charge in [0.15, 0.2) is 17.5 Å². The first-order valence-electron chi connectivity index (χ1n) is 15.8. The van der Waals surface area contributed by atoms with E-state index in [0.29, 0.717) is 17.5 Å². The van der Waals surface area contributed by atoms with Crippen molar-refractivity contribution in [1.82, 2.24) is 15.0 Å². The molecule has 10 aromatic rings. The molecule has 0 atom stereocenters. The molecule has 8 aromatic carbocycles. The van der Waals surface area contributed by atoms with Gasteiger partial charge in [0.05, 0.1) is 0 Å². The Hall–Kier alpha value is -6.39. The molecule has 0 amide bonds. The Bertz CT molecular complexity index is 2820. The Morgan fingerprint density at radius 3 is 1.70 bits per heavy atom. The highest BCUT2D eigenvalue weighted by molar-refractivity contribution is 6.31. The highest BCUT2D eigenvalue weighted by atomic mass is 16.3. The number of nitrogens with zero attached hydrogens (tertiary/aromatic N) is 3. The number of aromatic nitrogens is 3. The fraction of sp³-hybridized carbons (Fsp3) is 0. The number of benzene rings is 8. The molecule has 0 bridgehead atoms. The fourth-order valence-corrected chi connectivity index (χ4v) is 7.18. The van der Waals surface area contributed by atoms with E-state index in [-0.39, 0.29) is 0 Å². The first-order valence-corrected chi connectivity index (χ1v) is 15.8. The Morgan fingerprint density at radius 2 is 0.915 bits per heavy atom. The topological polar surface area (TPSA) is 51.8 Å². The van der Waals surface area contributed by atoms with Crippen LogP contribution in [-0.4, -0.2) is 15.0 Å². The van der Waals surface area contributed by atoms with Crippen molar-refractivity contribution in [2.24, 2.45) is 0 Å². The summed E-state index contributed by atoms with van der Waals surface area (Å²) in [6, 6.07) is 52.8. The van der Waals surface area contributed by atoms with Crippen molar-refractivity contribution in [3.05, 3.63) is 152 Å². The Kier molecular flexibility index (Phi) is 5.54. The van der Waals surface area contributed by atoms with Crippen LogP contribution in [0.2, 0.25) is 0 Å². The monoisotopic (exact) mass is 599 g/mol. The number of hydrogen-bond acceptors (Lipinski definition) is 4. The molecule has 4 heteroatoms. The lowest BCUT2D eigenvalue weighted by Gasteiger charge is -2.14. The molecular weight excluding hydrogens is 574 g/mol. The van der Waals surface area contributed by atoms with Gasteiger partial charge in [-0.05, 0) is 61.3 Å². The molecule has 4 nitrogen and oxygen atoms in total. The van der Waals surface area contributed by atoms with E-state index in [1.165, 1.54) is 37.7 Å². The smallest absolute Gasteiger partial charge is 0.164 e. The molecule has 0 N–H and O–H groups in total. The molecule has 0 saturated carbocycles. The minimum absolute atomic E-state index is 0.613. The van der Waals surface area contributed by atoms with Crippen LogP contribution in [0.15, 0.2) is 156 Å². The van der Waals surface area contributed by atoms with Gasteiger partial charge >= 0.3 is 0 Å². The lowest BCUT2D eigenvalue weighted by molar-refractivity contribution is 0.669. The Balaban J connectivity index is 1.23. The second-order valence-electron chi connectivity index (χ2n) is 12.0. The number of furan rings is 1. The maximum absolute atomic E-state index is 6.21. The minimum Gasteiger partial charge on any atom is -0.456 e. The highest BCUT2D eigenvalue weighted by Crippen LogP contribution is 2.40. The normalized spacial score (nSPS) is 11.8. The van der Waals surface area contributed by atoms with Crippen LogP contribution in [0.4, 0.5) is 0 Å². The summed E-state index contributed by atoms with van der Waals surface area (Å²) in [5, 5.41) is 12.0. The van der Waals surface area contributed by atoms with E-state index >= 15 is 0 Å². The Morgan fingerprint density at radius 1 is 0.340 bits per heavy atom. The summed E-state index contributed by atoms with van der Waals surface area (Å²) in [6.45, 7) is 0. The number of hydrogen-bond donors (Lipinski definition) is 0. The van der Waals surface area contributed by atoms with Gasteiger partial charge in [-0.3, -0.25) is 0 Å². The molecule has 0 unspecified atom stereocenters. The second kappa shape index (κ2) is 10.1. The van der Waals surface area contributed by atoms with E-state index in [9.17, 15) is 0 Å². The third-order valence-electron chi connectivity index (χ3n) is 9.29. The lowest BCUT2D eigenvalue weighted by atomic mass is 9.91. The average molecular weight is 600 g/mol. The van der Waals surface area contributed by atoms with Gasteiger partial charge < -0.3 is 4.42 Å². The van der Waals surface area contributed by atoms with Crippen LogP contribution in [0.25, 0.3) is 99.2 Å². The van der Waals surface area contributed by atoms with E-state index in [2.05, 4.69) is 91.0 Å². The van der Waals surface area contributed by atoms with Crippen molar-refractivity contribution in [1.29, 1.82) is 0 Å². The van der Waals surface area contributed by atoms with Gasteiger partial charge in [-0.1, -0.05) is 133 Å². The van der Waals surface area contributed by atoms with E-state index < -0.39 is 0 Å². The van der Waals surface area contributed by atoms with Crippen molar-refractivity contribution in [2.45, 2.75) is 0 Å². The molecule has 0 radical (unpaired) electrons. The van der Waals surface area contributed by atoms with Crippen LogP contribution in [0.5, 0.6) is 0 Å². The molecule has 218 valence electrons. The van der Waals surface area contributed by atoms with E-state index in [0.717, 1.165) is 44.0 Å². The number of para-hydroxylation sites is 1. The van der Waals surface area contributed by atoms with Crippen molar-refractivity contribution in [3.8, 4) is 34.2 Å². The van der Waals surface area contributed by atoms with Crippen LogP contribution < -0.4 is 0 Å². The standard InChI is InChI=1S/C43H25N3O/c1-2-11-26(12-3-1)41-44-42(46-43(45-41)36-18-10-20-38-40(36)35-17-8-9-19-37(35)47-38)28-22-23-29-27(25-28)21-24-34-32-15-5-4-13-30(32)31-14-6-7-16-33(31)39(29)34/h1-25H. The summed E-state index contributed by atoms with van der Waals surface area (Å²) in [6.07, 6.45) is 0. The molecule has 2 heterocycles. The minimum atomic E-state index is 0.613. The number of rotatable bonds is 3. The molecule has 0 aliphatic heterocycles. The molecule has 0 saturated heterocycles. The SMILES string of the molecule is c1ccc(-c2nc(-c3ccc4c(ccc5c6ccccc6c6ccccc6c45)c3)nc(-c3cccc4oc5ccccc5c34)n2)cc1. The van der Waals surface area contributed by atoms with Crippen LogP contribution in [-0.2, 0) is 0 Å². The van der Waals surface area contributed by atoms with Gasteiger partial charge in [-0.15, -0.1) is 0 Å².